The van der Waals surface area contributed by atoms with Crippen LogP contribution in [0.15, 0.2) is 53.9 Å². The summed E-state index contributed by atoms with van der Waals surface area (Å²) in [4.78, 5) is 1.00. The van der Waals surface area contributed by atoms with Crippen LogP contribution in [0.5, 0.6) is 0 Å². The molecule has 2 heteroatoms. The van der Waals surface area contributed by atoms with Gasteiger partial charge in [-0.2, -0.15) is 0 Å². The normalized spacial score (nSPS) is 12.8. The van der Waals surface area contributed by atoms with Crippen LogP contribution < -0.4 is 0 Å². The van der Waals surface area contributed by atoms with E-state index in [0.29, 0.717) is 0 Å². The molecule has 0 bridgehead atoms. The van der Waals surface area contributed by atoms with Crippen molar-refractivity contribution in [1.82, 2.24) is 0 Å². The van der Waals surface area contributed by atoms with Crippen molar-refractivity contribution in [3.8, 4) is 0 Å². The monoisotopic (exact) mass is 254 g/mol. The highest BCUT2D eigenvalue weighted by atomic mass is 32.1. The molecule has 0 aliphatic carbocycles. The Morgan fingerprint density at radius 1 is 1.06 bits per heavy atom. The van der Waals surface area contributed by atoms with E-state index in [1.165, 1.54) is 10.9 Å². The van der Waals surface area contributed by atoms with Gasteiger partial charge in [0.2, 0.25) is 0 Å². The van der Waals surface area contributed by atoms with Crippen LogP contribution in [0, 0.1) is 6.92 Å². The number of rotatable bonds is 2. The molecule has 0 aliphatic rings. The molecule has 0 amide bonds. The molecule has 0 radical (unpaired) electrons. The van der Waals surface area contributed by atoms with Crippen molar-refractivity contribution in [3.63, 3.8) is 0 Å². The number of hydrogen-bond acceptors (Lipinski definition) is 2. The van der Waals surface area contributed by atoms with Crippen LogP contribution >= 0.6 is 11.3 Å². The van der Waals surface area contributed by atoms with Crippen molar-refractivity contribution in [1.29, 1.82) is 0 Å². The fraction of sp³-hybridized carbons (Fsp3) is 0.125. The minimum Gasteiger partial charge on any atom is -0.383 e. The van der Waals surface area contributed by atoms with Gasteiger partial charge in [-0.05, 0) is 40.3 Å². The zero-order valence-electron chi connectivity index (χ0n) is 10.1. The smallest absolute Gasteiger partial charge is 0.114 e. The van der Waals surface area contributed by atoms with Gasteiger partial charge in [-0.1, -0.05) is 42.5 Å². The average molecular weight is 254 g/mol. The van der Waals surface area contributed by atoms with Crippen LogP contribution in [0.3, 0.4) is 0 Å². The molecular formula is C16H14OS. The van der Waals surface area contributed by atoms with E-state index in [9.17, 15) is 5.11 Å². The molecule has 1 aromatic heterocycles. The van der Waals surface area contributed by atoms with Gasteiger partial charge in [-0.15, -0.1) is 11.3 Å². The lowest BCUT2D eigenvalue weighted by Gasteiger charge is -2.12. The summed E-state index contributed by atoms with van der Waals surface area (Å²) in [6.45, 7) is 2.05. The third kappa shape index (κ3) is 1.94. The Morgan fingerprint density at radius 3 is 2.61 bits per heavy atom. The van der Waals surface area contributed by atoms with Gasteiger partial charge in [0.05, 0.1) is 0 Å². The predicted octanol–water partition coefficient (Wildman–Crippen LogP) is 4.29. The van der Waals surface area contributed by atoms with Gasteiger partial charge in [0.15, 0.2) is 0 Å². The number of aryl methyl sites for hydroxylation is 1. The van der Waals surface area contributed by atoms with E-state index < -0.39 is 6.10 Å². The lowest BCUT2D eigenvalue weighted by atomic mass is 9.99. The first kappa shape index (κ1) is 11.5. The first-order chi connectivity index (χ1) is 8.75. The minimum absolute atomic E-state index is 0.533. The van der Waals surface area contributed by atoms with Crippen LogP contribution in [0.4, 0.5) is 0 Å². The quantitative estimate of drug-likeness (QED) is 0.723. The SMILES string of the molecule is Cc1csc(C(O)c2cccc3ccccc23)c1. The van der Waals surface area contributed by atoms with Gasteiger partial charge in [-0.25, -0.2) is 0 Å². The fourth-order valence-electron chi connectivity index (χ4n) is 2.24. The number of aliphatic hydroxyl groups excluding tert-OH is 1. The molecule has 0 spiro atoms. The minimum atomic E-state index is -0.533. The highest BCUT2D eigenvalue weighted by molar-refractivity contribution is 7.10. The van der Waals surface area contributed by atoms with Gasteiger partial charge in [-0.3, -0.25) is 0 Å². The lowest BCUT2D eigenvalue weighted by molar-refractivity contribution is 0.225. The molecule has 1 heterocycles. The first-order valence-corrected chi connectivity index (χ1v) is 6.84. The second-order valence-corrected chi connectivity index (χ2v) is 5.44. The molecule has 0 saturated heterocycles. The third-order valence-electron chi connectivity index (χ3n) is 3.14. The second kappa shape index (κ2) is 4.56. The Kier molecular flexibility index (Phi) is 2.90. The summed E-state index contributed by atoms with van der Waals surface area (Å²) >= 11 is 1.61. The number of aliphatic hydroxyl groups is 1. The average Bonchev–Trinajstić information content (AvgIpc) is 2.84. The maximum Gasteiger partial charge on any atom is 0.114 e. The molecule has 3 aromatic rings. The van der Waals surface area contributed by atoms with Gasteiger partial charge in [0.25, 0.3) is 0 Å². The molecule has 1 unspecified atom stereocenters. The van der Waals surface area contributed by atoms with Crippen molar-refractivity contribution in [3.05, 3.63) is 69.9 Å². The Morgan fingerprint density at radius 2 is 1.83 bits per heavy atom. The maximum atomic E-state index is 10.5. The van der Waals surface area contributed by atoms with Gasteiger partial charge in [0, 0.05) is 4.88 Å². The molecule has 1 atom stereocenters. The van der Waals surface area contributed by atoms with Crippen LogP contribution in [-0.4, -0.2) is 5.11 Å². The molecule has 1 nitrogen and oxygen atoms in total. The third-order valence-corrected chi connectivity index (χ3v) is 4.24. The van der Waals surface area contributed by atoms with Crippen molar-refractivity contribution in [2.24, 2.45) is 0 Å². The Hall–Kier alpha value is -1.64. The van der Waals surface area contributed by atoms with Gasteiger partial charge >= 0.3 is 0 Å². The topological polar surface area (TPSA) is 20.2 Å². The zero-order valence-corrected chi connectivity index (χ0v) is 10.9. The number of hydrogen-bond donors (Lipinski definition) is 1. The van der Waals surface area contributed by atoms with E-state index in [-0.39, 0.29) is 0 Å². The predicted molar refractivity (Wildman–Crippen MR) is 77.1 cm³/mol. The molecule has 0 saturated carbocycles. The van der Waals surface area contributed by atoms with Crippen molar-refractivity contribution in [2.45, 2.75) is 13.0 Å². The fourth-order valence-corrected chi connectivity index (χ4v) is 3.14. The molecule has 0 fully saturated rings. The largest absolute Gasteiger partial charge is 0.383 e. The summed E-state index contributed by atoms with van der Waals surface area (Å²) in [5.41, 5.74) is 2.18. The second-order valence-electron chi connectivity index (χ2n) is 4.50. The number of benzene rings is 2. The van der Waals surface area contributed by atoms with E-state index >= 15 is 0 Å². The summed E-state index contributed by atoms with van der Waals surface area (Å²) in [7, 11) is 0. The van der Waals surface area contributed by atoms with Gasteiger partial charge in [0.1, 0.15) is 6.10 Å². The van der Waals surface area contributed by atoms with E-state index in [1.807, 2.05) is 24.3 Å². The molecule has 3 rings (SSSR count). The van der Waals surface area contributed by atoms with Crippen LogP contribution in [0.1, 0.15) is 22.1 Å². The van der Waals surface area contributed by atoms with Crippen LogP contribution in [-0.2, 0) is 0 Å². The standard InChI is InChI=1S/C16H14OS/c1-11-9-15(18-10-11)16(17)14-8-4-6-12-5-2-3-7-13(12)14/h2-10,16-17H,1H3. The maximum absolute atomic E-state index is 10.5. The van der Waals surface area contributed by atoms with Gasteiger partial charge < -0.3 is 5.11 Å². The molecule has 0 aliphatic heterocycles. The number of fused-ring (bicyclic) bond motifs is 1. The summed E-state index contributed by atoms with van der Waals surface area (Å²) in [5, 5.41) is 14.9. The molecule has 18 heavy (non-hydrogen) atoms. The Balaban J connectivity index is 2.14. The summed E-state index contributed by atoms with van der Waals surface area (Å²) in [5.74, 6) is 0. The zero-order chi connectivity index (χ0) is 12.5. The molecule has 90 valence electrons. The summed E-state index contributed by atoms with van der Waals surface area (Å²) in [6, 6.07) is 16.3. The van der Waals surface area contributed by atoms with E-state index in [1.54, 1.807) is 11.3 Å². The van der Waals surface area contributed by atoms with Crippen LogP contribution in [0.25, 0.3) is 10.8 Å². The molecular weight excluding hydrogens is 240 g/mol. The van der Waals surface area contributed by atoms with Crippen molar-refractivity contribution < 1.29 is 5.11 Å². The Labute approximate surface area is 110 Å². The highest BCUT2D eigenvalue weighted by Crippen LogP contribution is 2.31. The van der Waals surface area contributed by atoms with Crippen LogP contribution in [0.2, 0.25) is 0 Å². The van der Waals surface area contributed by atoms with E-state index in [0.717, 1.165) is 15.8 Å². The van der Waals surface area contributed by atoms with Crippen molar-refractivity contribution >= 4 is 22.1 Å². The summed E-state index contributed by atoms with van der Waals surface area (Å²) in [6.07, 6.45) is -0.533. The summed E-state index contributed by atoms with van der Waals surface area (Å²) < 4.78 is 0. The van der Waals surface area contributed by atoms with Crippen molar-refractivity contribution in [2.75, 3.05) is 0 Å². The first-order valence-electron chi connectivity index (χ1n) is 5.96. The molecule has 1 N–H and O–H groups in total. The number of thiophene rings is 1. The van der Waals surface area contributed by atoms with E-state index in [4.69, 9.17) is 0 Å². The lowest BCUT2D eigenvalue weighted by Crippen LogP contribution is -1.97. The molecule has 2 aromatic carbocycles. The Bertz CT molecular complexity index is 679. The highest BCUT2D eigenvalue weighted by Gasteiger charge is 2.14. The van der Waals surface area contributed by atoms with E-state index in [2.05, 4.69) is 36.6 Å².